The van der Waals surface area contributed by atoms with Crippen LogP contribution in [0.5, 0.6) is 0 Å². The SMILES string of the molecule is CC(=O)OS(=O)(=O)N1CCC1=O. The minimum Gasteiger partial charge on any atom is -0.330 e. The largest absolute Gasteiger partial charge is 0.414 e. The van der Waals surface area contributed by atoms with Crippen molar-refractivity contribution in [1.29, 1.82) is 0 Å². The maximum Gasteiger partial charge on any atom is 0.414 e. The molecule has 6 nitrogen and oxygen atoms in total. The van der Waals surface area contributed by atoms with Crippen molar-refractivity contribution in [3.8, 4) is 0 Å². The molecule has 0 aromatic rings. The van der Waals surface area contributed by atoms with E-state index in [2.05, 4.69) is 4.18 Å². The van der Waals surface area contributed by atoms with Crippen LogP contribution in [-0.4, -0.2) is 31.1 Å². The van der Waals surface area contributed by atoms with Crippen molar-refractivity contribution in [2.45, 2.75) is 13.3 Å². The fourth-order valence-electron chi connectivity index (χ4n) is 0.724. The van der Waals surface area contributed by atoms with Crippen LogP contribution in [0.1, 0.15) is 13.3 Å². The lowest BCUT2D eigenvalue weighted by Crippen LogP contribution is -2.48. The molecule has 0 radical (unpaired) electrons. The molecule has 12 heavy (non-hydrogen) atoms. The van der Waals surface area contributed by atoms with E-state index in [4.69, 9.17) is 0 Å². The molecule has 0 aliphatic carbocycles. The number of rotatable bonds is 2. The Balaban J connectivity index is 2.72. The van der Waals surface area contributed by atoms with Crippen molar-refractivity contribution < 1.29 is 22.2 Å². The van der Waals surface area contributed by atoms with Crippen LogP contribution in [0.25, 0.3) is 0 Å². The number of nitrogens with zero attached hydrogens (tertiary/aromatic N) is 1. The first-order chi connectivity index (χ1) is 5.43. The lowest BCUT2D eigenvalue weighted by Gasteiger charge is -2.27. The minimum atomic E-state index is -4.14. The summed E-state index contributed by atoms with van der Waals surface area (Å²) in [6, 6.07) is 0. The third-order valence-electron chi connectivity index (χ3n) is 1.30. The topological polar surface area (TPSA) is 80.8 Å². The van der Waals surface area contributed by atoms with Crippen LogP contribution >= 0.6 is 0 Å². The highest BCUT2D eigenvalue weighted by Crippen LogP contribution is 2.15. The van der Waals surface area contributed by atoms with Crippen molar-refractivity contribution in [3.05, 3.63) is 0 Å². The number of carbonyl (C=O) groups is 2. The highest BCUT2D eigenvalue weighted by molar-refractivity contribution is 7.85. The van der Waals surface area contributed by atoms with Gasteiger partial charge in [0, 0.05) is 19.9 Å². The maximum absolute atomic E-state index is 10.9. The molecule has 1 fully saturated rings. The summed E-state index contributed by atoms with van der Waals surface area (Å²) in [7, 11) is -4.14. The van der Waals surface area contributed by atoms with E-state index in [0.29, 0.717) is 4.31 Å². The van der Waals surface area contributed by atoms with Gasteiger partial charge < -0.3 is 4.18 Å². The molecule has 1 amide bonds. The summed E-state index contributed by atoms with van der Waals surface area (Å²) >= 11 is 0. The van der Waals surface area contributed by atoms with Crippen molar-refractivity contribution in [2.75, 3.05) is 6.54 Å². The molecule has 1 rings (SSSR count). The lowest BCUT2D eigenvalue weighted by molar-refractivity contribution is -0.135. The Hall–Kier alpha value is -1.11. The molecule has 0 atom stereocenters. The van der Waals surface area contributed by atoms with Crippen molar-refractivity contribution in [2.24, 2.45) is 0 Å². The molecule has 0 bridgehead atoms. The molecular formula is C5H7NO5S. The van der Waals surface area contributed by atoms with Crippen LogP contribution in [0, 0.1) is 0 Å². The van der Waals surface area contributed by atoms with E-state index in [1.165, 1.54) is 0 Å². The van der Waals surface area contributed by atoms with Gasteiger partial charge in [-0.1, -0.05) is 0 Å². The molecule has 68 valence electrons. The van der Waals surface area contributed by atoms with Gasteiger partial charge in [-0.25, -0.2) is 4.31 Å². The van der Waals surface area contributed by atoms with Gasteiger partial charge in [0.2, 0.25) is 5.91 Å². The summed E-state index contributed by atoms with van der Waals surface area (Å²) in [5.41, 5.74) is 0. The van der Waals surface area contributed by atoms with Gasteiger partial charge in [-0.05, 0) is 0 Å². The van der Waals surface area contributed by atoms with Gasteiger partial charge in [0.25, 0.3) is 0 Å². The second kappa shape index (κ2) is 2.74. The summed E-state index contributed by atoms with van der Waals surface area (Å²) in [6.07, 6.45) is 0.181. The first kappa shape index (κ1) is 8.98. The fraction of sp³-hybridized carbons (Fsp3) is 0.600. The molecule has 1 aliphatic rings. The summed E-state index contributed by atoms with van der Waals surface area (Å²) in [4.78, 5) is 20.9. The van der Waals surface area contributed by atoms with Gasteiger partial charge in [-0.15, -0.1) is 0 Å². The van der Waals surface area contributed by atoms with Gasteiger partial charge >= 0.3 is 16.3 Å². The molecule has 0 unspecified atom stereocenters. The predicted octanol–water partition coefficient (Wildman–Crippen LogP) is -0.973. The zero-order chi connectivity index (χ0) is 9.35. The predicted molar refractivity (Wildman–Crippen MR) is 37.0 cm³/mol. The number of hydrogen-bond donors (Lipinski definition) is 0. The smallest absolute Gasteiger partial charge is 0.330 e. The Bertz CT molecular complexity index is 319. The first-order valence-electron chi connectivity index (χ1n) is 3.19. The third-order valence-corrected chi connectivity index (χ3v) is 2.67. The van der Waals surface area contributed by atoms with E-state index in [1.807, 2.05) is 0 Å². The quantitative estimate of drug-likeness (QED) is 0.527. The Morgan fingerprint density at radius 3 is 2.42 bits per heavy atom. The van der Waals surface area contributed by atoms with Gasteiger partial charge in [0.05, 0.1) is 0 Å². The Morgan fingerprint density at radius 1 is 1.58 bits per heavy atom. The molecule has 0 aromatic heterocycles. The van der Waals surface area contributed by atoms with Crippen LogP contribution in [0.3, 0.4) is 0 Å². The van der Waals surface area contributed by atoms with Gasteiger partial charge in [-0.2, -0.15) is 8.42 Å². The van der Waals surface area contributed by atoms with E-state index >= 15 is 0 Å². The normalized spacial score (nSPS) is 17.1. The highest BCUT2D eigenvalue weighted by Gasteiger charge is 2.37. The molecule has 0 aromatic carbocycles. The third kappa shape index (κ3) is 1.55. The number of amides is 1. The number of carbonyl (C=O) groups excluding carboxylic acids is 2. The standard InChI is InChI=1S/C5H7NO5S/c1-4(7)11-12(9,10)6-3-2-5(6)8/h2-3H2,1H3. The van der Waals surface area contributed by atoms with E-state index in [9.17, 15) is 18.0 Å². The number of hydrogen-bond acceptors (Lipinski definition) is 5. The van der Waals surface area contributed by atoms with E-state index in [1.54, 1.807) is 0 Å². The van der Waals surface area contributed by atoms with Gasteiger partial charge in [0.15, 0.2) is 0 Å². The van der Waals surface area contributed by atoms with Crippen molar-refractivity contribution >= 4 is 22.2 Å². The van der Waals surface area contributed by atoms with Gasteiger partial charge in [-0.3, -0.25) is 9.59 Å². The molecule has 1 saturated heterocycles. The summed E-state index contributed by atoms with van der Waals surface area (Å²) in [6.45, 7) is 1.05. The summed E-state index contributed by atoms with van der Waals surface area (Å²) in [5, 5.41) is 0. The Kier molecular flexibility index (Phi) is 2.05. The van der Waals surface area contributed by atoms with E-state index in [0.717, 1.165) is 6.92 Å². The monoisotopic (exact) mass is 193 g/mol. The van der Waals surface area contributed by atoms with E-state index < -0.39 is 22.2 Å². The Labute approximate surface area is 69.4 Å². The van der Waals surface area contributed by atoms with Crippen LogP contribution in [0.15, 0.2) is 0 Å². The number of β-lactam (4-membered cyclic amide) rings is 1. The van der Waals surface area contributed by atoms with Crippen LogP contribution in [0.4, 0.5) is 0 Å². The molecule has 7 heteroatoms. The summed E-state index contributed by atoms with van der Waals surface area (Å²) in [5.74, 6) is -1.49. The molecular weight excluding hydrogens is 186 g/mol. The zero-order valence-electron chi connectivity index (χ0n) is 6.31. The average Bonchev–Trinajstić information content (AvgIpc) is 1.79. The van der Waals surface area contributed by atoms with E-state index in [-0.39, 0.29) is 13.0 Å². The van der Waals surface area contributed by atoms with Crippen molar-refractivity contribution in [3.63, 3.8) is 0 Å². The zero-order valence-corrected chi connectivity index (χ0v) is 7.13. The van der Waals surface area contributed by atoms with Crippen LogP contribution in [-0.2, 0) is 24.1 Å². The average molecular weight is 193 g/mol. The molecule has 1 aliphatic heterocycles. The maximum atomic E-state index is 10.9. The Morgan fingerprint density at radius 2 is 2.17 bits per heavy atom. The fourth-order valence-corrected chi connectivity index (χ4v) is 1.77. The first-order valence-corrected chi connectivity index (χ1v) is 4.55. The van der Waals surface area contributed by atoms with Crippen LogP contribution < -0.4 is 0 Å². The second-order valence-electron chi connectivity index (χ2n) is 2.25. The van der Waals surface area contributed by atoms with Crippen molar-refractivity contribution in [1.82, 2.24) is 4.31 Å². The highest BCUT2D eigenvalue weighted by atomic mass is 32.2. The summed E-state index contributed by atoms with van der Waals surface area (Å²) < 4.78 is 26.3. The van der Waals surface area contributed by atoms with Crippen LogP contribution in [0.2, 0.25) is 0 Å². The molecule has 0 N–H and O–H groups in total. The molecule has 1 heterocycles. The minimum absolute atomic E-state index is 0.0917. The molecule has 0 saturated carbocycles. The lowest BCUT2D eigenvalue weighted by atomic mass is 10.3. The molecule has 0 spiro atoms. The van der Waals surface area contributed by atoms with Gasteiger partial charge in [0.1, 0.15) is 0 Å². The second-order valence-corrected chi connectivity index (χ2v) is 3.71.